The molecule has 0 radical (unpaired) electrons. The molecule has 24 heavy (non-hydrogen) atoms. The summed E-state index contributed by atoms with van der Waals surface area (Å²) in [5, 5.41) is 9.46. The number of hydrogen-bond donors (Lipinski definition) is 1. The molecular weight excluding hydrogens is 310 g/mol. The van der Waals surface area contributed by atoms with E-state index in [9.17, 15) is 14.4 Å². The second-order valence-electron chi connectivity index (χ2n) is 5.68. The van der Waals surface area contributed by atoms with Gasteiger partial charge >= 0.3 is 5.97 Å². The Morgan fingerprint density at radius 2 is 2.04 bits per heavy atom. The lowest BCUT2D eigenvalue weighted by molar-refractivity contribution is -0.146. The summed E-state index contributed by atoms with van der Waals surface area (Å²) in [6.45, 7) is 3.54. The van der Waals surface area contributed by atoms with E-state index in [4.69, 9.17) is 5.11 Å². The zero-order valence-corrected chi connectivity index (χ0v) is 13.8. The topological polar surface area (TPSA) is 92.5 Å². The normalized spacial score (nSPS) is 12.1. The number of carbonyl (C=O) groups excluding carboxylic acids is 1. The monoisotopic (exact) mass is 331 g/mol. The largest absolute Gasteiger partial charge is 0.480 e. The highest BCUT2D eigenvalue weighted by molar-refractivity contribution is 5.81. The number of fused-ring (bicyclic) bond motifs is 1. The summed E-state index contributed by atoms with van der Waals surface area (Å²) in [7, 11) is 0. The molecule has 7 nitrogen and oxygen atoms in total. The Labute approximate surface area is 139 Å². The molecule has 0 saturated carbocycles. The summed E-state index contributed by atoms with van der Waals surface area (Å²) >= 11 is 0. The Kier molecular flexibility index (Phi) is 5.68. The van der Waals surface area contributed by atoms with Gasteiger partial charge in [0.15, 0.2) is 0 Å². The first kappa shape index (κ1) is 17.7. The summed E-state index contributed by atoms with van der Waals surface area (Å²) in [4.78, 5) is 41.2. The van der Waals surface area contributed by atoms with Gasteiger partial charge in [-0.2, -0.15) is 0 Å². The van der Waals surface area contributed by atoms with E-state index >= 15 is 0 Å². The first-order valence-corrected chi connectivity index (χ1v) is 7.89. The number of benzene rings is 1. The van der Waals surface area contributed by atoms with Crippen LogP contribution in [-0.2, 0) is 16.1 Å². The standard InChI is InChI=1S/C17H21N3O4/c1-3-12(2)20(10-16(22)23)15(21)8-9-19-11-18-14-7-5-4-6-13(14)17(19)24/h4-7,11-12H,3,8-10H2,1-2H3,(H,22,23). The van der Waals surface area contributed by atoms with Gasteiger partial charge in [-0.3, -0.25) is 19.0 Å². The molecule has 1 unspecified atom stereocenters. The molecule has 2 rings (SSSR count). The molecule has 0 aliphatic carbocycles. The van der Waals surface area contributed by atoms with Gasteiger partial charge < -0.3 is 10.0 Å². The molecule has 128 valence electrons. The van der Waals surface area contributed by atoms with Gasteiger partial charge in [-0.1, -0.05) is 19.1 Å². The highest BCUT2D eigenvalue weighted by atomic mass is 16.4. The molecule has 2 aromatic rings. The molecule has 1 amide bonds. The number of aliphatic carboxylic acids is 1. The van der Waals surface area contributed by atoms with E-state index < -0.39 is 5.97 Å². The van der Waals surface area contributed by atoms with Crippen molar-refractivity contribution in [2.45, 2.75) is 39.3 Å². The summed E-state index contributed by atoms with van der Waals surface area (Å²) in [6, 6.07) is 6.85. The number of amides is 1. The molecule has 7 heteroatoms. The van der Waals surface area contributed by atoms with Crippen LogP contribution in [0.5, 0.6) is 0 Å². The quantitative estimate of drug-likeness (QED) is 0.830. The molecule has 1 aromatic heterocycles. The maximum absolute atomic E-state index is 12.4. The number of nitrogens with zero attached hydrogens (tertiary/aromatic N) is 3. The highest BCUT2D eigenvalue weighted by Gasteiger charge is 2.21. The molecule has 1 atom stereocenters. The Morgan fingerprint density at radius 1 is 1.33 bits per heavy atom. The molecule has 1 heterocycles. The number of carboxylic acid groups (broad SMARTS) is 1. The fourth-order valence-corrected chi connectivity index (χ4v) is 2.48. The van der Waals surface area contributed by atoms with Gasteiger partial charge in [0, 0.05) is 19.0 Å². The number of hydrogen-bond acceptors (Lipinski definition) is 4. The minimum atomic E-state index is -1.05. The molecule has 0 bridgehead atoms. The van der Waals surface area contributed by atoms with Crippen LogP contribution in [0, 0.1) is 0 Å². The molecule has 0 spiro atoms. The minimum Gasteiger partial charge on any atom is -0.480 e. The predicted octanol–water partition coefficient (Wildman–Crippen LogP) is 1.50. The van der Waals surface area contributed by atoms with Gasteiger partial charge in [0.25, 0.3) is 5.56 Å². The van der Waals surface area contributed by atoms with Gasteiger partial charge in [-0.05, 0) is 25.5 Å². The second-order valence-corrected chi connectivity index (χ2v) is 5.68. The fraction of sp³-hybridized carbons (Fsp3) is 0.412. The van der Waals surface area contributed by atoms with E-state index in [-0.39, 0.29) is 37.0 Å². The van der Waals surface area contributed by atoms with Gasteiger partial charge in [-0.25, -0.2) is 4.98 Å². The van der Waals surface area contributed by atoms with Crippen molar-refractivity contribution in [3.63, 3.8) is 0 Å². The van der Waals surface area contributed by atoms with Gasteiger partial charge in [0.2, 0.25) is 5.91 Å². The van der Waals surface area contributed by atoms with Crippen LogP contribution in [0.25, 0.3) is 10.9 Å². The Balaban J connectivity index is 2.14. The van der Waals surface area contributed by atoms with Crippen molar-refractivity contribution in [3.8, 4) is 0 Å². The number of carbonyl (C=O) groups is 2. The maximum atomic E-state index is 12.4. The van der Waals surface area contributed by atoms with Crippen LogP contribution in [-0.4, -0.2) is 44.0 Å². The van der Waals surface area contributed by atoms with E-state index in [1.54, 1.807) is 24.3 Å². The van der Waals surface area contributed by atoms with Gasteiger partial charge in [0.1, 0.15) is 6.54 Å². The van der Waals surface area contributed by atoms with E-state index in [2.05, 4.69) is 4.98 Å². The third-order valence-electron chi connectivity index (χ3n) is 4.05. The van der Waals surface area contributed by atoms with Crippen molar-refractivity contribution in [1.29, 1.82) is 0 Å². The number of para-hydroxylation sites is 1. The molecule has 0 saturated heterocycles. The van der Waals surface area contributed by atoms with E-state index in [1.807, 2.05) is 13.8 Å². The third kappa shape index (κ3) is 3.98. The van der Waals surface area contributed by atoms with E-state index in [0.717, 1.165) is 0 Å². The van der Waals surface area contributed by atoms with Crippen molar-refractivity contribution in [2.24, 2.45) is 0 Å². The Morgan fingerprint density at radius 3 is 2.71 bits per heavy atom. The zero-order chi connectivity index (χ0) is 17.7. The van der Waals surface area contributed by atoms with Crippen molar-refractivity contribution < 1.29 is 14.7 Å². The summed E-state index contributed by atoms with van der Waals surface area (Å²) in [6.07, 6.45) is 2.14. The molecule has 1 aromatic carbocycles. The number of aromatic nitrogens is 2. The van der Waals surface area contributed by atoms with Crippen molar-refractivity contribution in [2.75, 3.05) is 6.54 Å². The predicted molar refractivity (Wildman–Crippen MR) is 89.7 cm³/mol. The van der Waals surface area contributed by atoms with Gasteiger partial charge in [-0.15, -0.1) is 0 Å². The van der Waals surface area contributed by atoms with Crippen LogP contribution in [0.2, 0.25) is 0 Å². The lowest BCUT2D eigenvalue weighted by Gasteiger charge is -2.27. The molecular formula is C17H21N3O4. The average molecular weight is 331 g/mol. The summed E-state index contributed by atoms with van der Waals surface area (Å²) in [5.41, 5.74) is 0.402. The summed E-state index contributed by atoms with van der Waals surface area (Å²) in [5.74, 6) is -1.33. The smallest absolute Gasteiger partial charge is 0.323 e. The third-order valence-corrected chi connectivity index (χ3v) is 4.05. The second kappa shape index (κ2) is 7.72. The summed E-state index contributed by atoms with van der Waals surface area (Å²) < 4.78 is 1.38. The lowest BCUT2D eigenvalue weighted by atomic mass is 10.2. The van der Waals surface area contributed by atoms with E-state index in [1.165, 1.54) is 15.8 Å². The fourth-order valence-electron chi connectivity index (χ4n) is 2.48. The average Bonchev–Trinajstić information content (AvgIpc) is 2.58. The number of rotatable bonds is 7. The molecule has 0 aliphatic rings. The molecule has 1 N–H and O–H groups in total. The highest BCUT2D eigenvalue weighted by Crippen LogP contribution is 2.08. The van der Waals surface area contributed by atoms with Crippen molar-refractivity contribution in [3.05, 3.63) is 40.9 Å². The Hall–Kier alpha value is -2.70. The Bertz CT molecular complexity index is 800. The number of aryl methyl sites for hydroxylation is 1. The first-order valence-electron chi connectivity index (χ1n) is 7.89. The lowest BCUT2D eigenvalue weighted by Crippen LogP contribution is -2.42. The van der Waals surface area contributed by atoms with Crippen LogP contribution in [0.1, 0.15) is 26.7 Å². The zero-order valence-electron chi connectivity index (χ0n) is 13.8. The van der Waals surface area contributed by atoms with Crippen LogP contribution in [0.15, 0.2) is 35.4 Å². The van der Waals surface area contributed by atoms with Crippen LogP contribution >= 0.6 is 0 Å². The number of carboxylic acids is 1. The van der Waals surface area contributed by atoms with Crippen molar-refractivity contribution >= 4 is 22.8 Å². The van der Waals surface area contributed by atoms with E-state index in [0.29, 0.717) is 17.3 Å². The first-order chi connectivity index (χ1) is 11.4. The van der Waals surface area contributed by atoms with Crippen LogP contribution in [0.4, 0.5) is 0 Å². The van der Waals surface area contributed by atoms with Crippen molar-refractivity contribution in [1.82, 2.24) is 14.5 Å². The maximum Gasteiger partial charge on any atom is 0.323 e. The van der Waals surface area contributed by atoms with Crippen LogP contribution < -0.4 is 5.56 Å². The minimum absolute atomic E-state index is 0.0531. The van der Waals surface area contributed by atoms with Crippen LogP contribution in [0.3, 0.4) is 0 Å². The SMILES string of the molecule is CCC(C)N(CC(=O)O)C(=O)CCn1cnc2ccccc2c1=O. The van der Waals surface area contributed by atoms with Gasteiger partial charge in [0.05, 0.1) is 17.2 Å². The molecule has 0 aliphatic heterocycles. The molecule has 0 fully saturated rings.